The van der Waals surface area contributed by atoms with Gasteiger partial charge in [-0.3, -0.25) is 20.3 Å². The third-order valence-electron chi connectivity index (χ3n) is 2.85. The molecule has 0 saturated carbocycles. The van der Waals surface area contributed by atoms with Gasteiger partial charge in [-0.2, -0.15) is 15.1 Å². The molecular formula is C12H9N5O3S2. The summed E-state index contributed by atoms with van der Waals surface area (Å²) in [5.74, 6) is 0.376. The first-order valence-corrected chi connectivity index (χ1v) is 7.95. The van der Waals surface area contributed by atoms with E-state index in [4.69, 9.17) is 5.41 Å². The van der Waals surface area contributed by atoms with Gasteiger partial charge in [0.1, 0.15) is 5.84 Å². The summed E-state index contributed by atoms with van der Waals surface area (Å²) >= 11 is 2.68. The number of nitro benzene ring substituents is 1. The number of hydrogen-bond acceptors (Lipinski definition) is 7. The monoisotopic (exact) mass is 335 g/mol. The molecule has 0 aromatic heterocycles. The van der Waals surface area contributed by atoms with E-state index in [1.165, 1.54) is 40.7 Å². The number of thioether (sulfide) groups is 2. The van der Waals surface area contributed by atoms with Crippen LogP contribution in [0.3, 0.4) is 0 Å². The zero-order valence-electron chi connectivity index (χ0n) is 11.1. The van der Waals surface area contributed by atoms with Crippen LogP contribution in [0.1, 0.15) is 12.0 Å². The fourth-order valence-corrected chi connectivity index (χ4v) is 3.72. The standard InChI is InChI=1S/C12H9N5O3S2/c13-9-5-10(18)14-11-16(9)15-12(22-11)21-6-7-1-3-8(4-2-7)17(19)20/h1-4,13H,5-6H2. The number of non-ortho nitro benzene ring substituents is 1. The fourth-order valence-electron chi connectivity index (χ4n) is 1.79. The van der Waals surface area contributed by atoms with Crippen LogP contribution in [0.25, 0.3) is 0 Å². The second kappa shape index (κ2) is 5.89. The molecule has 1 N–H and O–H groups in total. The van der Waals surface area contributed by atoms with Crippen LogP contribution in [0, 0.1) is 15.5 Å². The Labute approximate surface area is 133 Å². The first-order valence-electron chi connectivity index (χ1n) is 6.14. The van der Waals surface area contributed by atoms with Gasteiger partial charge in [0.25, 0.3) is 11.6 Å². The van der Waals surface area contributed by atoms with E-state index in [9.17, 15) is 14.9 Å². The molecule has 2 aliphatic heterocycles. The molecule has 1 amide bonds. The number of nitrogens with one attached hydrogen (secondary N) is 1. The third-order valence-corrected chi connectivity index (χ3v) is 4.96. The van der Waals surface area contributed by atoms with Crippen molar-refractivity contribution < 1.29 is 9.72 Å². The van der Waals surface area contributed by atoms with E-state index in [1.54, 1.807) is 12.1 Å². The van der Waals surface area contributed by atoms with Crippen molar-refractivity contribution in [2.45, 2.75) is 12.2 Å². The number of nitro groups is 1. The van der Waals surface area contributed by atoms with E-state index >= 15 is 0 Å². The molecule has 0 unspecified atom stereocenters. The van der Waals surface area contributed by atoms with Crippen molar-refractivity contribution in [3.8, 4) is 0 Å². The van der Waals surface area contributed by atoms with Crippen molar-refractivity contribution in [3.05, 3.63) is 39.9 Å². The lowest BCUT2D eigenvalue weighted by Gasteiger charge is -2.17. The molecule has 0 spiro atoms. The molecule has 22 heavy (non-hydrogen) atoms. The summed E-state index contributed by atoms with van der Waals surface area (Å²) in [5.41, 5.74) is 0.983. The lowest BCUT2D eigenvalue weighted by Crippen LogP contribution is -2.33. The van der Waals surface area contributed by atoms with Crippen LogP contribution >= 0.6 is 23.5 Å². The lowest BCUT2D eigenvalue weighted by atomic mass is 10.2. The van der Waals surface area contributed by atoms with Gasteiger partial charge in [-0.05, 0) is 17.3 Å². The Kier molecular flexibility index (Phi) is 3.94. The highest BCUT2D eigenvalue weighted by Crippen LogP contribution is 2.32. The average Bonchev–Trinajstić information content (AvgIpc) is 2.89. The highest BCUT2D eigenvalue weighted by molar-refractivity contribution is 8.45. The Morgan fingerprint density at radius 3 is 2.82 bits per heavy atom. The smallest absolute Gasteiger partial charge is 0.269 e. The minimum atomic E-state index is -0.438. The van der Waals surface area contributed by atoms with E-state index in [1.807, 2.05) is 0 Å². The Morgan fingerprint density at radius 2 is 2.14 bits per heavy atom. The highest BCUT2D eigenvalue weighted by Gasteiger charge is 2.32. The Balaban J connectivity index is 1.64. The molecule has 10 heteroatoms. The van der Waals surface area contributed by atoms with Crippen molar-refractivity contribution in [3.63, 3.8) is 0 Å². The van der Waals surface area contributed by atoms with Gasteiger partial charge in [-0.25, -0.2) is 0 Å². The first kappa shape index (κ1) is 14.7. The Bertz CT molecular complexity index is 729. The van der Waals surface area contributed by atoms with Crippen LogP contribution in [-0.4, -0.2) is 31.2 Å². The molecule has 2 aliphatic rings. The Hall–Kier alpha value is -2.20. The predicted octanol–water partition coefficient (Wildman–Crippen LogP) is 2.41. The van der Waals surface area contributed by atoms with Crippen LogP contribution in [-0.2, 0) is 10.5 Å². The predicted molar refractivity (Wildman–Crippen MR) is 86.0 cm³/mol. The number of amides is 1. The second-order valence-electron chi connectivity index (χ2n) is 4.40. The number of hydrazone groups is 1. The minimum Gasteiger partial charge on any atom is -0.286 e. The second-order valence-corrected chi connectivity index (χ2v) is 6.58. The van der Waals surface area contributed by atoms with Gasteiger partial charge in [-0.1, -0.05) is 23.9 Å². The van der Waals surface area contributed by atoms with E-state index in [0.717, 1.165) is 5.56 Å². The van der Waals surface area contributed by atoms with Crippen molar-refractivity contribution in [1.29, 1.82) is 5.41 Å². The van der Waals surface area contributed by atoms with Crippen molar-refractivity contribution in [2.24, 2.45) is 10.1 Å². The molecule has 0 bridgehead atoms. The number of hydrogen-bond donors (Lipinski definition) is 1. The molecule has 1 aromatic rings. The minimum absolute atomic E-state index is 0.0339. The van der Waals surface area contributed by atoms with Crippen molar-refractivity contribution in [2.75, 3.05) is 0 Å². The third kappa shape index (κ3) is 3.02. The van der Waals surface area contributed by atoms with Crippen LogP contribution in [0.15, 0.2) is 34.4 Å². The maximum Gasteiger partial charge on any atom is 0.269 e. The van der Waals surface area contributed by atoms with Gasteiger partial charge in [0, 0.05) is 17.9 Å². The molecule has 1 aromatic carbocycles. The summed E-state index contributed by atoms with van der Waals surface area (Å²) in [4.78, 5) is 25.3. The Morgan fingerprint density at radius 1 is 1.41 bits per heavy atom. The zero-order chi connectivity index (χ0) is 15.7. The number of nitrogens with zero attached hydrogens (tertiary/aromatic N) is 4. The van der Waals surface area contributed by atoms with Gasteiger partial charge in [0.15, 0.2) is 4.38 Å². The number of benzene rings is 1. The molecule has 0 fully saturated rings. The largest absolute Gasteiger partial charge is 0.286 e. The lowest BCUT2D eigenvalue weighted by molar-refractivity contribution is -0.384. The van der Waals surface area contributed by atoms with Crippen LogP contribution in [0.5, 0.6) is 0 Å². The van der Waals surface area contributed by atoms with Gasteiger partial charge in [-0.15, -0.1) is 0 Å². The molecule has 0 aliphatic carbocycles. The van der Waals surface area contributed by atoms with E-state index < -0.39 is 4.92 Å². The number of rotatable bonds is 3. The summed E-state index contributed by atoms with van der Waals surface area (Å²) in [6.07, 6.45) is -0.0339. The van der Waals surface area contributed by atoms with Crippen molar-refractivity contribution in [1.82, 2.24) is 5.01 Å². The summed E-state index contributed by atoms with van der Waals surface area (Å²) in [7, 11) is 0. The van der Waals surface area contributed by atoms with Gasteiger partial charge in [0.05, 0.1) is 11.3 Å². The van der Waals surface area contributed by atoms with Gasteiger partial charge < -0.3 is 0 Å². The summed E-state index contributed by atoms with van der Waals surface area (Å²) in [5, 5.41) is 24.3. The highest BCUT2D eigenvalue weighted by atomic mass is 32.2. The molecule has 2 heterocycles. The maximum absolute atomic E-state index is 11.3. The van der Waals surface area contributed by atoms with E-state index in [0.29, 0.717) is 15.3 Å². The van der Waals surface area contributed by atoms with Crippen LogP contribution in [0.4, 0.5) is 5.69 Å². The molecule has 3 rings (SSSR count). The molecule has 0 radical (unpaired) electrons. The zero-order valence-corrected chi connectivity index (χ0v) is 12.7. The summed E-state index contributed by atoms with van der Waals surface area (Å²) in [6.45, 7) is 0. The number of carbonyl (C=O) groups excluding carboxylic acids is 1. The molecule has 0 saturated heterocycles. The van der Waals surface area contributed by atoms with Crippen molar-refractivity contribution >= 4 is 50.5 Å². The number of carbonyl (C=O) groups is 1. The molecular weight excluding hydrogens is 326 g/mol. The van der Waals surface area contributed by atoms with Crippen LogP contribution < -0.4 is 0 Å². The first-order chi connectivity index (χ1) is 10.5. The van der Waals surface area contributed by atoms with Crippen LogP contribution in [0.2, 0.25) is 0 Å². The number of fused-ring (bicyclic) bond motifs is 1. The molecule has 112 valence electrons. The van der Waals surface area contributed by atoms with E-state index in [-0.39, 0.29) is 23.9 Å². The number of aliphatic imine (C=N–C) groups is 1. The topological polar surface area (TPSA) is 112 Å². The molecule has 8 nitrogen and oxygen atoms in total. The van der Waals surface area contributed by atoms with Gasteiger partial charge >= 0.3 is 0 Å². The molecule has 0 atom stereocenters. The fraction of sp³-hybridized carbons (Fsp3) is 0.167. The van der Waals surface area contributed by atoms with E-state index in [2.05, 4.69) is 10.1 Å². The summed E-state index contributed by atoms with van der Waals surface area (Å²) in [6, 6.07) is 6.31. The maximum atomic E-state index is 11.3. The summed E-state index contributed by atoms with van der Waals surface area (Å²) < 4.78 is 0.691. The quantitative estimate of drug-likeness (QED) is 0.670. The SMILES string of the molecule is N=C1CC(=O)N=C2SC(SCc3ccc([N+](=O)[O-])cc3)=NN12. The van der Waals surface area contributed by atoms with Gasteiger partial charge in [0.2, 0.25) is 5.17 Å². The normalized spacial score (nSPS) is 17.2. The average molecular weight is 335 g/mol. The number of amidine groups is 2.